The van der Waals surface area contributed by atoms with Gasteiger partial charge in [0.1, 0.15) is 0 Å². The molecule has 56 valence electrons. The van der Waals surface area contributed by atoms with Crippen LogP contribution in [-0.4, -0.2) is 24.9 Å². The smallest absolute Gasteiger partial charge is 0.0827 e. The summed E-state index contributed by atoms with van der Waals surface area (Å²) in [5.41, 5.74) is 0. The Morgan fingerprint density at radius 2 is 2.11 bits per heavy atom. The minimum Gasteiger partial charge on any atom is -0.394 e. The van der Waals surface area contributed by atoms with Gasteiger partial charge in [-0.2, -0.15) is 0 Å². The predicted octanol–water partition coefficient (Wildman–Crippen LogP) is 1.04. The fraction of sp³-hybridized carbons (Fsp3) is 1.00. The Kier molecular flexibility index (Phi) is 4.72. The van der Waals surface area contributed by atoms with Gasteiger partial charge in [-0.1, -0.05) is 20.3 Å². The van der Waals surface area contributed by atoms with Crippen LogP contribution in [-0.2, 0) is 4.74 Å². The molecule has 0 aromatic carbocycles. The zero-order valence-corrected chi connectivity index (χ0v) is 6.42. The monoisotopic (exact) mass is 132 g/mol. The molecule has 0 rings (SSSR count). The maximum absolute atomic E-state index is 8.70. The van der Waals surface area contributed by atoms with Gasteiger partial charge in [-0.15, -0.1) is 0 Å². The van der Waals surface area contributed by atoms with Gasteiger partial charge in [0.15, 0.2) is 0 Å². The minimum atomic E-state index is 0.0231. The molecular formula is C7H16O2. The highest BCUT2D eigenvalue weighted by atomic mass is 16.5. The molecule has 0 bridgehead atoms. The first-order valence-corrected chi connectivity index (χ1v) is 3.39. The molecule has 0 aliphatic carbocycles. The summed E-state index contributed by atoms with van der Waals surface area (Å²) in [6.45, 7) is 4.29. The summed E-state index contributed by atoms with van der Waals surface area (Å²) >= 11 is 0. The fourth-order valence-electron chi connectivity index (χ4n) is 0.750. The molecule has 2 atom stereocenters. The highest BCUT2D eigenvalue weighted by Gasteiger charge is 2.12. The quantitative estimate of drug-likeness (QED) is 0.619. The molecule has 1 N–H and O–H groups in total. The van der Waals surface area contributed by atoms with Gasteiger partial charge in [-0.05, 0) is 5.92 Å². The number of hydrogen-bond donors (Lipinski definition) is 1. The van der Waals surface area contributed by atoms with Crippen molar-refractivity contribution < 1.29 is 9.84 Å². The van der Waals surface area contributed by atoms with Crippen molar-refractivity contribution in [1.82, 2.24) is 0 Å². The van der Waals surface area contributed by atoms with E-state index in [9.17, 15) is 0 Å². The van der Waals surface area contributed by atoms with Gasteiger partial charge in [0.05, 0.1) is 12.7 Å². The lowest BCUT2D eigenvalue weighted by Crippen LogP contribution is -2.23. The topological polar surface area (TPSA) is 29.5 Å². The van der Waals surface area contributed by atoms with E-state index in [0.29, 0.717) is 5.92 Å². The number of ether oxygens (including phenoxy) is 1. The van der Waals surface area contributed by atoms with Crippen LogP contribution < -0.4 is 0 Å². The second kappa shape index (κ2) is 4.77. The van der Waals surface area contributed by atoms with Crippen molar-refractivity contribution in [3.8, 4) is 0 Å². The van der Waals surface area contributed by atoms with Crippen LogP contribution >= 0.6 is 0 Å². The van der Waals surface area contributed by atoms with Crippen molar-refractivity contribution >= 4 is 0 Å². The SMILES string of the molecule is CC[C@@H](C)[C@H](CO)OC. The Bertz CT molecular complexity index is 59.9. The molecule has 0 saturated carbocycles. The van der Waals surface area contributed by atoms with Gasteiger partial charge in [-0.25, -0.2) is 0 Å². The van der Waals surface area contributed by atoms with E-state index in [-0.39, 0.29) is 12.7 Å². The van der Waals surface area contributed by atoms with Crippen molar-refractivity contribution in [2.75, 3.05) is 13.7 Å². The first-order valence-electron chi connectivity index (χ1n) is 3.39. The lowest BCUT2D eigenvalue weighted by Gasteiger charge is -2.18. The van der Waals surface area contributed by atoms with Crippen LogP contribution in [0.1, 0.15) is 20.3 Å². The molecule has 2 heteroatoms. The molecular weight excluding hydrogens is 116 g/mol. The molecule has 0 unspecified atom stereocenters. The van der Waals surface area contributed by atoms with Crippen LogP contribution in [0, 0.1) is 5.92 Å². The second-order valence-corrected chi connectivity index (χ2v) is 2.34. The molecule has 0 aliphatic rings. The van der Waals surface area contributed by atoms with Crippen LogP contribution in [0.15, 0.2) is 0 Å². The molecule has 0 heterocycles. The summed E-state index contributed by atoms with van der Waals surface area (Å²) < 4.78 is 5.00. The summed E-state index contributed by atoms with van der Waals surface area (Å²) in [6, 6.07) is 0. The van der Waals surface area contributed by atoms with Crippen molar-refractivity contribution in [3.63, 3.8) is 0 Å². The molecule has 0 fully saturated rings. The molecule has 2 nitrogen and oxygen atoms in total. The zero-order valence-electron chi connectivity index (χ0n) is 6.42. The molecule has 0 aliphatic heterocycles. The first-order chi connectivity index (χ1) is 4.26. The summed E-state index contributed by atoms with van der Waals surface area (Å²) in [4.78, 5) is 0. The first kappa shape index (κ1) is 8.92. The third-order valence-electron chi connectivity index (χ3n) is 1.76. The third-order valence-corrected chi connectivity index (χ3v) is 1.76. The molecule has 0 aromatic heterocycles. The maximum atomic E-state index is 8.70. The Morgan fingerprint density at radius 1 is 1.56 bits per heavy atom. The highest BCUT2D eigenvalue weighted by molar-refractivity contribution is 4.61. The van der Waals surface area contributed by atoms with E-state index in [1.165, 1.54) is 0 Å². The van der Waals surface area contributed by atoms with Crippen molar-refractivity contribution in [3.05, 3.63) is 0 Å². The van der Waals surface area contributed by atoms with E-state index in [1.54, 1.807) is 7.11 Å². The average molecular weight is 132 g/mol. The van der Waals surface area contributed by atoms with Crippen LogP contribution in [0.25, 0.3) is 0 Å². The minimum absolute atomic E-state index is 0.0231. The van der Waals surface area contributed by atoms with E-state index >= 15 is 0 Å². The molecule has 9 heavy (non-hydrogen) atoms. The Labute approximate surface area is 56.8 Å². The van der Waals surface area contributed by atoms with E-state index in [4.69, 9.17) is 9.84 Å². The standard InChI is InChI=1S/C7H16O2/c1-4-6(2)7(5-8)9-3/h6-8H,4-5H2,1-3H3/t6-,7+/m1/s1. The molecule has 0 saturated heterocycles. The van der Waals surface area contributed by atoms with E-state index in [2.05, 4.69) is 13.8 Å². The summed E-state index contributed by atoms with van der Waals surface area (Å²) in [5.74, 6) is 0.458. The van der Waals surface area contributed by atoms with Crippen molar-refractivity contribution in [1.29, 1.82) is 0 Å². The van der Waals surface area contributed by atoms with Crippen LogP contribution in [0.5, 0.6) is 0 Å². The molecule has 0 aromatic rings. The normalized spacial score (nSPS) is 17.3. The lowest BCUT2D eigenvalue weighted by molar-refractivity contribution is 0.0118. The molecule has 0 spiro atoms. The van der Waals surface area contributed by atoms with E-state index < -0.39 is 0 Å². The Hall–Kier alpha value is -0.0800. The van der Waals surface area contributed by atoms with E-state index in [1.807, 2.05) is 0 Å². The Morgan fingerprint density at radius 3 is 2.22 bits per heavy atom. The number of aliphatic hydroxyl groups is 1. The van der Waals surface area contributed by atoms with Crippen molar-refractivity contribution in [2.45, 2.75) is 26.4 Å². The summed E-state index contributed by atoms with van der Waals surface area (Å²) in [5, 5.41) is 8.70. The molecule has 0 radical (unpaired) electrons. The number of methoxy groups -OCH3 is 1. The van der Waals surface area contributed by atoms with E-state index in [0.717, 1.165) is 6.42 Å². The average Bonchev–Trinajstić information content (AvgIpc) is 1.90. The number of aliphatic hydroxyl groups excluding tert-OH is 1. The zero-order chi connectivity index (χ0) is 7.28. The van der Waals surface area contributed by atoms with Crippen LogP contribution in [0.4, 0.5) is 0 Å². The third kappa shape index (κ3) is 2.82. The lowest BCUT2D eigenvalue weighted by atomic mass is 10.0. The van der Waals surface area contributed by atoms with Crippen LogP contribution in [0.3, 0.4) is 0 Å². The maximum Gasteiger partial charge on any atom is 0.0827 e. The van der Waals surface area contributed by atoms with Gasteiger partial charge >= 0.3 is 0 Å². The second-order valence-electron chi connectivity index (χ2n) is 2.34. The van der Waals surface area contributed by atoms with Gasteiger partial charge in [-0.3, -0.25) is 0 Å². The van der Waals surface area contributed by atoms with Gasteiger partial charge in [0, 0.05) is 7.11 Å². The summed E-state index contributed by atoms with van der Waals surface area (Å²) in [6.07, 6.45) is 1.08. The highest BCUT2D eigenvalue weighted by Crippen LogP contribution is 2.08. The summed E-state index contributed by atoms with van der Waals surface area (Å²) in [7, 11) is 1.63. The predicted molar refractivity (Wildman–Crippen MR) is 37.3 cm³/mol. The van der Waals surface area contributed by atoms with Gasteiger partial charge in [0.2, 0.25) is 0 Å². The molecule has 0 amide bonds. The van der Waals surface area contributed by atoms with Gasteiger partial charge in [0.25, 0.3) is 0 Å². The number of rotatable bonds is 4. The number of hydrogen-bond acceptors (Lipinski definition) is 2. The largest absolute Gasteiger partial charge is 0.394 e. The Balaban J connectivity index is 3.50. The van der Waals surface area contributed by atoms with Gasteiger partial charge < -0.3 is 9.84 Å². The van der Waals surface area contributed by atoms with Crippen LogP contribution in [0.2, 0.25) is 0 Å². The van der Waals surface area contributed by atoms with Crippen molar-refractivity contribution in [2.24, 2.45) is 5.92 Å². The fourth-order valence-corrected chi connectivity index (χ4v) is 0.750.